The van der Waals surface area contributed by atoms with E-state index in [1.165, 1.54) is 0 Å². The molecule has 0 bridgehead atoms. The summed E-state index contributed by atoms with van der Waals surface area (Å²) in [6, 6.07) is 3.45. The summed E-state index contributed by atoms with van der Waals surface area (Å²) in [5, 5.41) is 21.8. The van der Waals surface area contributed by atoms with Crippen LogP contribution in [-0.4, -0.2) is 16.5 Å². The van der Waals surface area contributed by atoms with Gasteiger partial charge in [-0.05, 0) is 44.7 Å². The molecule has 1 aliphatic carbocycles. The highest BCUT2D eigenvalue weighted by Gasteiger charge is 2.33. The van der Waals surface area contributed by atoms with Crippen LogP contribution in [0, 0.1) is 10.1 Å². The minimum Gasteiger partial charge on any atom is -0.545 e. The number of nitro groups is 1. The maximum absolute atomic E-state index is 10.9. The van der Waals surface area contributed by atoms with Gasteiger partial charge in [-0.25, -0.2) is 0 Å². The number of carbonyl (C=O) groups excluding carboxylic acids is 1. The maximum Gasteiger partial charge on any atom is 0.310 e. The first kappa shape index (κ1) is 13.3. The van der Waals surface area contributed by atoms with Crippen LogP contribution < -0.4 is 9.84 Å². The molecule has 102 valence electrons. The smallest absolute Gasteiger partial charge is 0.310 e. The molecule has 0 heterocycles. The lowest BCUT2D eigenvalue weighted by molar-refractivity contribution is -0.386. The zero-order valence-corrected chi connectivity index (χ0v) is 10.5. The van der Waals surface area contributed by atoms with Crippen molar-refractivity contribution in [3.05, 3.63) is 33.9 Å². The first-order valence-electron chi connectivity index (χ1n) is 6.10. The van der Waals surface area contributed by atoms with Crippen molar-refractivity contribution in [1.29, 1.82) is 0 Å². The molecule has 0 saturated heterocycles. The van der Waals surface area contributed by atoms with Gasteiger partial charge in [0, 0.05) is 11.6 Å². The van der Waals surface area contributed by atoms with Crippen LogP contribution in [0.2, 0.25) is 0 Å². The third-order valence-electron chi connectivity index (χ3n) is 3.41. The van der Waals surface area contributed by atoms with Gasteiger partial charge >= 0.3 is 5.69 Å². The second-order valence-electron chi connectivity index (χ2n) is 4.99. The lowest BCUT2D eigenvalue weighted by Gasteiger charge is -2.25. The van der Waals surface area contributed by atoms with Crippen molar-refractivity contribution in [2.45, 2.75) is 38.2 Å². The lowest BCUT2D eigenvalue weighted by Crippen LogP contribution is -2.29. The average molecular weight is 264 g/mol. The summed E-state index contributed by atoms with van der Waals surface area (Å²) in [5.41, 5.74) is -0.810. The van der Waals surface area contributed by atoms with Gasteiger partial charge in [0.1, 0.15) is 5.60 Å². The third-order valence-corrected chi connectivity index (χ3v) is 3.41. The van der Waals surface area contributed by atoms with Crippen LogP contribution in [0.4, 0.5) is 5.69 Å². The van der Waals surface area contributed by atoms with Gasteiger partial charge in [0.25, 0.3) is 0 Å². The fourth-order valence-corrected chi connectivity index (χ4v) is 2.36. The van der Waals surface area contributed by atoms with Crippen molar-refractivity contribution in [3.8, 4) is 5.75 Å². The highest BCUT2D eigenvalue weighted by Crippen LogP contribution is 2.38. The van der Waals surface area contributed by atoms with Crippen molar-refractivity contribution in [3.63, 3.8) is 0 Å². The van der Waals surface area contributed by atoms with Gasteiger partial charge in [0.05, 0.1) is 10.9 Å². The van der Waals surface area contributed by atoms with Gasteiger partial charge in [0.2, 0.25) is 0 Å². The highest BCUT2D eigenvalue weighted by molar-refractivity contribution is 5.87. The van der Waals surface area contributed by atoms with Gasteiger partial charge in [-0.2, -0.15) is 0 Å². The molecular formula is C13H14NO5-. The Bertz CT molecular complexity index is 520. The Balaban J connectivity index is 2.37. The summed E-state index contributed by atoms with van der Waals surface area (Å²) < 4.78 is 5.71. The first-order chi connectivity index (χ1) is 8.91. The van der Waals surface area contributed by atoms with Crippen LogP contribution >= 0.6 is 0 Å². The molecule has 0 aliphatic heterocycles. The number of hydrogen-bond acceptors (Lipinski definition) is 5. The summed E-state index contributed by atoms with van der Waals surface area (Å²) in [6.45, 7) is 1.88. The maximum atomic E-state index is 10.9. The SMILES string of the molecule is CC1(Oc2cc(C(=O)[O-])ccc2[N+](=O)[O-])CCCC1. The predicted octanol–water partition coefficient (Wildman–Crippen LogP) is 1.67. The van der Waals surface area contributed by atoms with E-state index in [9.17, 15) is 20.0 Å². The fourth-order valence-electron chi connectivity index (χ4n) is 2.36. The summed E-state index contributed by atoms with van der Waals surface area (Å²) in [7, 11) is 0. The Morgan fingerprint density at radius 2 is 2.00 bits per heavy atom. The molecular weight excluding hydrogens is 250 g/mol. The molecule has 0 N–H and O–H groups in total. The Kier molecular flexibility index (Phi) is 3.42. The molecule has 1 fully saturated rings. The van der Waals surface area contributed by atoms with E-state index in [2.05, 4.69) is 0 Å². The van der Waals surface area contributed by atoms with Gasteiger partial charge in [-0.3, -0.25) is 10.1 Å². The van der Waals surface area contributed by atoms with Gasteiger partial charge < -0.3 is 14.6 Å². The monoisotopic (exact) mass is 264 g/mol. The van der Waals surface area contributed by atoms with Gasteiger partial charge in [0.15, 0.2) is 5.75 Å². The molecule has 1 aliphatic rings. The molecule has 2 rings (SSSR count). The normalized spacial score (nSPS) is 17.1. The molecule has 6 heteroatoms. The second kappa shape index (κ2) is 4.87. The van der Waals surface area contributed by atoms with Crippen molar-refractivity contribution in [2.75, 3.05) is 0 Å². The van der Waals surface area contributed by atoms with Crippen molar-refractivity contribution in [2.24, 2.45) is 0 Å². The van der Waals surface area contributed by atoms with Gasteiger partial charge in [-0.15, -0.1) is 0 Å². The minimum atomic E-state index is -1.38. The van der Waals surface area contributed by atoms with E-state index < -0.39 is 16.5 Å². The van der Waals surface area contributed by atoms with Crippen molar-refractivity contribution in [1.82, 2.24) is 0 Å². The van der Waals surface area contributed by atoms with Gasteiger partial charge in [-0.1, -0.05) is 0 Å². The van der Waals surface area contributed by atoms with E-state index in [-0.39, 0.29) is 17.0 Å². The quantitative estimate of drug-likeness (QED) is 0.609. The van der Waals surface area contributed by atoms with E-state index in [1.807, 2.05) is 6.92 Å². The first-order valence-corrected chi connectivity index (χ1v) is 6.10. The number of ether oxygens (including phenoxy) is 1. The molecule has 0 atom stereocenters. The Morgan fingerprint density at radius 3 is 2.53 bits per heavy atom. The van der Waals surface area contributed by atoms with Crippen LogP contribution in [0.3, 0.4) is 0 Å². The largest absolute Gasteiger partial charge is 0.545 e. The minimum absolute atomic E-state index is 0.00361. The second-order valence-corrected chi connectivity index (χ2v) is 4.99. The number of carboxylic acid groups (broad SMARTS) is 1. The number of nitrogens with zero attached hydrogens (tertiary/aromatic N) is 1. The molecule has 1 aromatic rings. The Labute approximate surface area is 110 Å². The molecule has 6 nitrogen and oxygen atoms in total. The number of hydrogen-bond donors (Lipinski definition) is 0. The van der Waals surface area contributed by atoms with E-state index >= 15 is 0 Å². The zero-order chi connectivity index (χ0) is 14.0. The van der Waals surface area contributed by atoms with E-state index in [0.717, 1.165) is 43.9 Å². The molecule has 19 heavy (non-hydrogen) atoms. The van der Waals surface area contributed by atoms with E-state index in [0.29, 0.717) is 0 Å². The molecule has 0 spiro atoms. The number of carboxylic acids is 1. The molecule has 0 radical (unpaired) electrons. The van der Waals surface area contributed by atoms with E-state index in [4.69, 9.17) is 4.74 Å². The van der Waals surface area contributed by atoms with E-state index in [1.54, 1.807) is 0 Å². The molecule has 0 unspecified atom stereocenters. The van der Waals surface area contributed by atoms with Crippen LogP contribution in [0.1, 0.15) is 43.0 Å². The number of nitro benzene ring substituents is 1. The number of rotatable bonds is 4. The lowest BCUT2D eigenvalue weighted by atomic mass is 10.1. The number of carbonyl (C=O) groups is 1. The van der Waals surface area contributed by atoms with Crippen LogP contribution in [-0.2, 0) is 0 Å². The topological polar surface area (TPSA) is 92.5 Å². The summed E-state index contributed by atoms with van der Waals surface area (Å²) in [4.78, 5) is 21.2. The molecule has 1 aromatic carbocycles. The fraction of sp³-hybridized carbons (Fsp3) is 0.462. The molecule has 0 amide bonds. The number of aromatic carboxylic acids is 1. The van der Waals surface area contributed by atoms with Crippen molar-refractivity contribution < 1.29 is 19.6 Å². The standard InChI is InChI=1S/C13H15NO5/c1-13(6-2-3-7-13)19-11-8-9(12(15)16)4-5-10(11)14(17)18/h4-5,8H,2-3,6-7H2,1H3,(H,15,16)/p-1. The van der Waals surface area contributed by atoms with Crippen molar-refractivity contribution >= 4 is 11.7 Å². The highest BCUT2D eigenvalue weighted by atomic mass is 16.6. The summed E-state index contributed by atoms with van der Waals surface area (Å²) in [5.74, 6) is -1.38. The third kappa shape index (κ3) is 2.83. The van der Waals surface area contributed by atoms with Crippen LogP contribution in [0.15, 0.2) is 18.2 Å². The summed E-state index contributed by atoms with van der Waals surface area (Å²) >= 11 is 0. The number of benzene rings is 1. The zero-order valence-electron chi connectivity index (χ0n) is 10.5. The molecule has 0 aromatic heterocycles. The predicted molar refractivity (Wildman–Crippen MR) is 64.9 cm³/mol. The van der Waals surface area contributed by atoms with Crippen LogP contribution in [0.5, 0.6) is 5.75 Å². The average Bonchev–Trinajstić information content (AvgIpc) is 2.75. The summed E-state index contributed by atoms with van der Waals surface area (Å²) in [6.07, 6.45) is 3.62. The Morgan fingerprint density at radius 1 is 1.37 bits per heavy atom. The Hall–Kier alpha value is -2.11. The van der Waals surface area contributed by atoms with Crippen LogP contribution in [0.25, 0.3) is 0 Å². The molecule has 1 saturated carbocycles.